The zero-order valence-corrected chi connectivity index (χ0v) is 15.7. The van der Waals surface area contributed by atoms with E-state index < -0.39 is 15.4 Å². The number of unbranched alkanes of at least 4 members (excludes halogenated alkanes) is 13. The van der Waals surface area contributed by atoms with E-state index in [1.54, 1.807) is 6.92 Å². The third-order valence-electron chi connectivity index (χ3n) is 4.47. The third-order valence-corrected chi connectivity index (χ3v) is 5.73. The molecule has 0 spiro atoms. The number of hydrogen-bond donors (Lipinski definition) is 1. The minimum atomic E-state index is -3.82. The van der Waals surface area contributed by atoms with Crippen molar-refractivity contribution in [1.29, 1.82) is 0 Å². The lowest BCUT2D eigenvalue weighted by molar-refractivity contribution is 0.461. The molecule has 0 radical (unpaired) electrons. The van der Waals surface area contributed by atoms with Crippen molar-refractivity contribution in [2.45, 2.75) is 115 Å². The maximum atomic E-state index is 10.9. The number of rotatable bonds is 16. The van der Waals surface area contributed by atoms with Crippen LogP contribution in [0.15, 0.2) is 0 Å². The van der Waals surface area contributed by atoms with Gasteiger partial charge in [-0.05, 0) is 13.3 Å². The first-order valence-corrected chi connectivity index (χ1v) is 10.9. The van der Waals surface area contributed by atoms with Gasteiger partial charge in [-0.3, -0.25) is 4.55 Å². The van der Waals surface area contributed by atoms with Crippen LogP contribution in [0.4, 0.5) is 0 Å². The van der Waals surface area contributed by atoms with Crippen molar-refractivity contribution in [2.24, 2.45) is 0 Å². The Balaban J connectivity index is 3.15. The first-order chi connectivity index (χ1) is 10.5. The van der Waals surface area contributed by atoms with Crippen molar-refractivity contribution >= 4 is 10.1 Å². The van der Waals surface area contributed by atoms with Crippen molar-refractivity contribution in [3.05, 3.63) is 0 Å². The molecule has 1 N–H and O–H groups in total. The molecular weight excluding hydrogens is 296 g/mol. The van der Waals surface area contributed by atoms with Crippen molar-refractivity contribution in [2.75, 3.05) is 0 Å². The van der Waals surface area contributed by atoms with Gasteiger partial charge in [0.15, 0.2) is 0 Å². The highest BCUT2D eigenvalue weighted by atomic mass is 32.2. The summed E-state index contributed by atoms with van der Waals surface area (Å²) >= 11 is 0. The molecular formula is C18H38O3S. The van der Waals surface area contributed by atoms with Crippen molar-refractivity contribution in [3.63, 3.8) is 0 Å². The van der Waals surface area contributed by atoms with Gasteiger partial charge in [0.25, 0.3) is 10.1 Å². The van der Waals surface area contributed by atoms with Crippen LogP contribution in [0.25, 0.3) is 0 Å². The third kappa shape index (κ3) is 14.8. The van der Waals surface area contributed by atoms with Gasteiger partial charge in [0.1, 0.15) is 0 Å². The minimum Gasteiger partial charge on any atom is -0.285 e. The Hall–Kier alpha value is -0.0900. The van der Waals surface area contributed by atoms with Crippen LogP contribution in [0.5, 0.6) is 0 Å². The van der Waals surface area contributed by atoms with Crippen LogP contribution in [0.2, 0.25) is 0 Å². The fourth-order valence-corrected chi connectivity index (χ4v) is 3.24. The summed E-state index contributed by atoms with van der Waals surface area (Å²) in [4.78, 5) is 0. The molecule has 0 saturated carbocycles. The van der Waals surface area contributed by atoms with Crippen LogP contribution in [0.3, 0.4) is 0 Å². The summed E-state index contributed by atoms with van der Waals surface area (Å²) in [6.07, 6.45) is 18.8. The summed E-state index contributed by atoms with van der Waals surface area (Å²) in [6.45, 7) is 3.84. The Morgan fingerprint density at radius 1 is 0.682 bits per heavy atom. The molecule has 0 aromatic heterocycles. The molecule has 4 heteroatoms. The molecule has 0 aliphatic carbocycles. The Kier molecular flexibility index (Phi) is 14.4. The van der Waals surface area contributed by atoms with Gasteiger partial charge < -0.3 is 0 Å². The van der Waals surface area contributed by atoms with E-state index in [0.29, 0.717) is 6.42 Å². The summed E-state index contributed by atoms with van der Waals surface area (Å²) in [5.74, 6) is 0. The lowest BCUT2D eigenvalue weighted by Crippen LogP contribution is -2.16. The molecule has 0 rings (SSSR count). The highest BCUT2D eigenvalue weighted by molar-refractivity contribution is 7.86. The van der Waals surface area contributed by atoms with Gasteiger partial charge in [0.05, 0.1) is 5.25 Å². The molecule has 3 nitrogen and oxygen atoms in total. The monoisotopic (exact) mass is 334 g/mol. The second-order valence-corrected chi connectivity index (χ2v) is 8.55. The summed E-state index contributed by atoms with van der Waals surface area (Å²) < 4.78 is 30.6. The Bertz CT molecular complexity index is 325. The minimum absolute atomic E-state index is 0.580. The summed E-state index contributed by atoms with van der Waals surface area (Å²) in [7, 11) is -3.82. The zero-order chi connectivity index (χ0) is 16.7. The molecule has 0 aliphatic rings. The van der Waals surface area contributed by atoms with Gasteiger partial charge in [0, 0.05) is 0 Å². The Morgan fingerprint density at radius 2 is 1.00 bits per heavy atom. The molecule has 1 atom stereocenters. The quantitative estimate of drug-likeness (QED) is 0.273. The molecule has 22 heavy (non-hydrogen) atoms. The SMILES string of the molecule is CCCCCCCCCCCCCCCCC(C)S(=O)(=O)O. The van der Waals surface area contributed by atoms with Crippen LogP contribution >= 0.6 is 0 Å². The van der Waals surface area contributed by atoms with E-state index in [1.165, 1.54) is 77.0 Å². The second-order valence-electron chi connectivity index (χ2n) is 6.71. The molecule has 0 aromatic rings. The maximum absolute atomic E-state index is 10.9. The largest absolute Gasteiger partial charge is 0.285 e. The lowest BCUT2D eigenvalue weighted by atomic mass is 10.0. The normalized spacial score (nSPS) is 13.4. The highest BCUT2D eigenvalue weighted by Gasteiger charge is 2.15. The number of hydrogen-bond acceptors (Lipinski definition) is 2. The van der Waals surface area contributed by atoms with Crippen LogP contribution < -0.4 is 0 Å². The van der Waals surface area contributed by atoms with E-state index in [-0.39, 0.29) is 0 Å². The molecule has 0 amide bonds. The summed E-state index contributed by atoms with van der Waals surface area (Å²) in [5, 5.41) is -0.607. The van der Waals surface area contributed by atoms with Gasteiger partial charge in [0.2, 0.25) is 0 Å². The van der Waals surface area contributed by atoms with Crippen LogP contribution in [0.1, 0.15) is 110 Å². The fourth-order valence-electron chi connectivity index (χ4n) is 2.78. The molecule has 0 heterocycles. The van der Waals surface area contributed by atoms with Gasteiger partial charge in [-0.25, -0.2) is 0 Å². The molecule has 0 bridgehead atoms. The average Bonchev–Trinajstić information content (AvgIpc) is 2.46. The Morgan fingerprint density at radius 3 is 1.32 bits per heavy atom. The van der Waals surface area contributed by atoms with E-state index in [4.69, 9.17) is 4.55 Å². The first kappa shape index (κ1) is 21.9. The van der Waals surface area contributed by atoms with Crippen LogP contribution in [-0.2, 0) is 10.1 Å². The van der Waals surface area contributed by atoms with Crippen molar-refractivity contribution in [1.82, 2.24) is 0 Å². The summed E-state index contributed by atoms with van der Waals surface area (Å²) in [6, 6.07) is 0. The van der Waals surface area contributed by atoms with E-state index in [2.05, 4.69) is 6.92 Å². The van der Waals surface area contributed by atoms with Crippen molar-refractivity contribution < 1.29 is 13.0 Å². The molecule has 0 fully saturated rings. The zero-order valence-electron chi connectivity index (χ0n) is 14.9. The lowest BCUT2D eigenvalue weighted by Gasteiger charge is -2.07. The molecule has 0 saturated heterocycles. The van der Waals surface area contributed by atoms with E-state index >= 15 is 0 Å². The summed E-state index contributed by atoms with van der Waals surface area (Å²) in [5.41, 5.74) is 0. The standard InChI is InChI=1S/C18H38O3S/c1-3-4-5-6-7-8-9-10-11-12-13-14-15-16-17-18(2)22(19,20)21/h18H,3-17H2,1-2H3,(H,19,20,21). The molecule has 134 valence electrons. The van der Waals surface area contributed by atoms with E-state index in [0.717, 1.165) is 12.8 Å². The Labute approximate surface area is 139 Å². The predicted octanol–water partition coefficient (Wildman–Crippen LogP) is 6.13. The fraction of sp³-hybridized carbons (Fsp3) is 1.00. The smallest absolute Gasteiger partial charge is 0.267 e. The maximum Gasteiger partial charge on any atom is 0.267 e. The van der Waals surface area contributed by atoms with Gasteiger partial charge in [-0.2, -0.15) is 8.42 Å². The predicted molar refractivity (Wildman–Crippen MR) is 95.9 cm³/mol. The topological polar surface area (TPSA) is 54.4 Å². The second kappa shape index (κ2) is 14.5. The van der Waals surface area contributed by atoms with Crippen LogP contribution in [0, 0.1) is 0 Å². The van der Waals surface area contributed by atoms with E-state index in [9.17, 15) is 8.42 Å². The average molecular weight is 335 g/mol. The molecule has 1 unspecified atom stereocenters. The van der Waals surface area contributed by atoms with Gasteiger partial charge in [-0.15, -0.1) is 0 Å². The first-order valence-electron chi connectivity index (χ1n) is 9.44. The van der Waals surface area contributed by atoms with Crippen LogP contribution in [-0.4, -0.2) is 18.2 Å². The molecule has 0 aliphatic heterocycles. The van der Waals surface area contributed by atoms with Crippen molar-refractivity contribution in [3.8, 4) is 0 Å². The van der Waals surface area contributed by atoms with Gasteiger partial charge in [-0.1, -0.05) is 96.8 Å². The van der Waals surface area contributed by atoms with E-state index in [1.807, 2.05) is 0 Å². The molecule has 0 aromatic carbocycles. The highest BCUT2D eigenvalue weighted by Crippen LogP contribution is 2.14. The van der Waals surface area contributed by atoms with Gasteiger partial charge >= 0.3 is 0 Å².